The molecule has 1 aliphatic carbocycles. The fourth-order valence-corrected chi connectivity index (χ4v) is 2.07. The first-order valence-corrected chi connectivity index (χ1v) is 4.95. The van der Waals surface area contributed by atoms with Gasteiger partial charge in [-0.05, 0) is 18.8 Å². The van der Waals surface area contributed by atoms with Crippen molar-refractivity contribution >= 4 is 0 Å². The van der Waals surface area contributed by atoms with Gasteiger partial charge in [0.15, 0.2) is 0 Å². The Labute approximate surface area is 78.9 Å². The van der Waals surface area contributed by atoms with Crippen LogP contribution in [-0.4, -0.2) is 9.78 Å². The van der Waals surface area contributed by atoms with Gasteiger partial charge in [-0.3, -0.25) is 4.68 Å². The average molecular weight is 179 g/mol. The van der Waals surface area contributed by atoms with Crippen molar-refractivity contribution in [3.8, 4) is 0 Å². The topological polar surface area (TPSA) is 43.8 Å². The van der Waals surface area contributed by atoms with E-state index in [-0.39, 0.29) is 5.54 Å². The molecule has 2 atom stereocenters. The van der Waals surface area contributed by atoms with Crippen LogP contribution in [-0.2, 0) is 12.6 Å². The SMILES string of the molecule is CCCC1CC1(N)c1cnn(C)c1. The van der Waals surface area contributed by atoms with E-state index in [1.165, 1.54) is 18.4 Å². The molecule has 0 amide bonds. The molecule has 1 saturated carbocycles. The van der Waals surface area contributed by atoms with Gasteiger partial charge in [0.25, 0.3) is 0 Å². The molecule has 1 aromatic rings. The molecular weight excluding hydrogens is 162 g/mol. The minimum absolute atomic E-state index is 0.0513. The Bertz CT molecular complexity index is 305. The lowest BCUT2D eigenvalue weighted by molar-refractivity contribution is 0.583. The minimum Gasteiger partial charge on any atom is -0.321 e. The molecule has 0 radical (unpaired) electrons. The van der Waals surface area contributed by atoms with Crippen LogP contribution < -0.4 is 5.73 Å². The second kappa shape index (κ2) is 2.84. The summed E-state index contributed by atoms with van der Waals surface area (Å²) in [4.78, 5) is 0. The quantitative estimate of drug-likeness (QED) is 0.762. The van der Waals surface area contributed by atoms with Crippen LogP contribution in [0.4, 0.5) is 0 Å². The summed E-state index contributed by atoms with van der Waals surface area (Å²) in [5.74, 6) is 0.682. The molecule has 13 heavy (non-hydrogen) atoms. The molecule has 1 fully saturated rings. The van der Waals surface area contributed by atoms with Crippen molar-refractivity contribution in [3.05, 3.63) is 18.0 Å². The zero-order valence-electron chi connectivity index (χ0n) is 8.33. The van der Waals surface area contributed by atoms with E-state index in [0.717, 1.165) is 6.42 Å². The van der Waals surface area contributed by atoms with Crippen LogP contribution >= 0.6 is 0 Å². The minimum atomic E-state index is -0.0513. The van der Waals surface area contributed by atoms with Crippen molar-refractivity contribution in [2.75, 3.05) is 0 Å². The summed E-state index contributed by atoms with van der Waals surface area (Å²) in [6, 6.07) is 0. The lowest BCUT2D eigenvalue weighted by Gasteiger charge is -2.07. The first-order valence-electron chi connectivity index (χ1n) is 4.95. The highest BCUT2D eigenvalue weighted by Gasteiger charge is 2.51. The zero-order chi connectivity index (χ0) is 9.47. The lowest BCUT2D eigenvalue weighted by atomic mass is 10.1. The van der Waals surface area contributed by atoms with Gasteiger partial charge in [0, 0.05) is 24.3 Å². The van der Waals surface area contributed by atoms with E-state index >= 15 is 0 Å². The van der Waals surface area contributed by atoms with Crippen LogP contribution in [0.15, 0.2) is 12.4 Å². The predicted molar refractivity (Wildman–Crippen MR) is 52.1 cm³/mol. The first kappa shape index (κ1) is 8.75. The third-order valence-corrected chi connectivity index (χ3v) is 3.03. The number of nitrogens with two attached hydrogens (primary N) is 1. The molecule has 3 heteroatoms. The third-order valence-electron chi connectivity index (χ3n) is 3.03. The summed E-state index contributed by atoms with van der Waals surface area (Å²) < 4.78 is 1.82. The van der Waals surface area contributed by atoms with Crippen LogP contribution in [0.3, 0.4) is 0 Å². The average Bonchev–Trinajstić information content (AvgIpc) is 2.57. The molecule has 72 valence electrons. The zero-order valence-corrected chi connectivity index (χ0v) is 8.33. The highest BCUT2D eigenvalue weighted by Crippen LogP contribution is 2.51. The van der Waals surface area contributed by atoms with Gasteiger partial charge in [0.1, 0.15) is 0 Å². The fourth-order valence-electron chi connectivity index (χ4n) is 2.07. The molecule has 2 N–H and O–H groups in total. The number of hydrogen-bond donors (Lipinski definition) is 1. The second-order valence-electron chi connectivity index (χ2n) is 4.13. The number of hydrogen-bond acceptors (Lipinski definition) is 2. The summed E-state index contributed by atoms with van der Waals surface area (Å²) in [6.45, 7) is 2.21. The van der Waals surface area contributed by atoms with Crippen molar-refractivity contribution in [2.45, 2.75) is 31.7 Å². The van der Waals surface area contributed by atoms with Crippen LogP contribution in [0, 0.1) is 5.92 Å². The van der Waals surface area contributed by atoms with Gasteiger partial charge < -0.3 is 5.73 Å². The van der Waals surface area contributed by atoms with Crippen molar-refractivity contribution < 1.29 is 0 Å². The molecular formula is C10H17N3. The van der Waals surface area contributed by atoms with Gasteiger partial charge >= 0.3 is 0 Å². The monoisotopic (exact) mass is 179 g/mol. The summed E-state index contributed by atoms with van der Waals surface area (Å²) in [6.07, 6.45) is 7.53. The molecule has 1 aliphatic rings. The van der Waals surface area contributed by atoms with Gasteiger partial charge in [-0.1, -0.05) is 13.3 Å². The fraction of sp³-hybridized carbons (Fsp3) is 0.700. The summed E-state index contributed by atoms with van der Waals surface area (Å²) >= 11 is 0. The number of nitrogens with zero attached hydrogens (tertiary/aromatic N) is 2. The van der Waals surface area contributed by atoms with Crippen LogP contribution in [0.5, 0.6) is 0 Å². The van der Waals surface area contributed by atoms with Crippen LogP contribution in [0.25, 0.3) is 0 Å². The van der Waals surface area contributed by atoms with Crippen molar-refractivity contribution in [1.82, 2.24) is 9.78 Å². The Kier molecular flexibility index (Phi) is 1.91. The maximum Gasteiger partial charge on any atom is 0.0540 e. The van der Waals surface area contributed by atoms with Gasteiger partial charge in [0.2, 0.25) is 0 Å². The Hall–Kier alpha value is -0.830. The molecule has 0 spiro atoms. The molecule has 2 unspecified atom stereocenters. The normalized spacial score (nSPS) is 32.1. The lowest BCUT2D eigenvalue weighted by Crippen LogP contribution is -2.21. The Morgan fingerprint density at radius 2 is 2.54 bits per heavy atom. The smallest absolute Gasteiger partial charge is 0.0540 e. The van der Waals surface area contributed by atoms with Crippen LogP contribution in [0.1, 0.15) is 31.7 Å². The maximum atomic E-state index is 6.26. The third kappa shape index (κ3) is 1.37. The van der Waals surface area contributed by atoms with Gasteiger partial charge in [-0.2, -0.15) is 5.10 Å². The molecule has 3 nitrogen and oxygen atoms in total. The Balaban J connectivity index is 2.11. The Morgan fingerprint density at radius 1 is 1.77 bits per heavy atom. The van der Waals surface area contributed by atoms with Crippen LogP contribution in [0.2, 0.25) is 0 Å². The predicted octanol–water partition coefficient (Wildman–Crippen LogP) is 1.39. The first-order chi connectivity index (χ1) is 6.16. The maximum absolute atomic E-state index is 6.26. The molecule has 0 saturated heterocycles. The Morgan fingerprint density at radius 3 is 3.08 bits per heavy atom. The molecule has 0 aromatic carbocycles. The standard InChI is InChI=1S/C10H17N3/c1-3-4-8-5-10(8,11)9-6-12-13(2)7-9/h6-8H,3-5,11H2,1-2H3. The molecule has 0 bridgehead atoms. The van der Waals surface area contributed by atoms with Crippen molar-refractivity contribution in [2.24, 2.45) is 18.7 Å². The summed E-state index contributed by atoms with van der Waals surface area (Å²) in [5, 5.41) is 4.15. The van der Waals surface area contributed by atoms with E-state index < -0.39 is 0 Å². The van der Waals surface area contributed by atoms with E-state index in [4.69, 9.17) is 5.73 Å². The number of aryl methyl sites for hydroxylation is 1. The highest BCUT2D eigenvalue weighted by molar-refractivity contribution is 5.27. The largest absolute Gasteiger partial charge is 0.321 e. The molecule has 1 aromatic heterocycles. The second-order valence-corrected chi connectivity index (χ2v) is 4.13. The van der Waals surface area contributed by atoms with E-state index in [1.807, 2.05) is 24.1 Å². The highest BCUT2D eigenvalue weighted by atomic mass is 15.2. The van der Waals surface area contributed by atoms with E-state index in [2.05, 4.69) is 12.0 Å². The van der Waals surface area contributed by atoms with Gasteiger partial charge in [-0.15, -0.1) is 0 Å². The van der Waals surface area contributed by atoms with Gasteiger partial charge in [-0.25, -0.2) is 0 Å². The molecule has 0 aliphatic heterocycles. The van der Waals surface area contributed by atoms with E-state index in [1.54, 1.807) is 0 Å². The summed E-state index contributed by atoms with van der Waals surface area (Å²) in [5.41, 5.74) is 7.41. The molecule has 2 rings (SSSR count). The van der Waals surface area contributed by atoms with Crippen molar-refractivity contribution in [3.63, 3.8) is 0 Å². The molecule has 1 heterocycles. The number of aromatic nitrogens is 2. The van der Waals surface area contributed by atoms with E-state index in [9.17, 15) is 0 Å². The van der Waals surface area contributed by atoms with E-state index in [0.29, 0.717) is 5.92 Å². The number of rotatable bonds is 3. The summed E-state index contributed by atoms with van der Waals surface area (Å²) in [7, 11) is 1.93. The van der Waals surface area contributed by atoms with Gasteiger partial charge in [0.05, 0.1) is 6.20 Å². The van der Waals surface area contributed by atoms with Crippen molar-refractivity contribution in [1.29, 1.82) is 0 Å².